The van der Waals surface area contributed by atoms with Crippen molar-refractivity contribution >= 4 is 11.3 Å². The average molecular weight is 308 g/mol. The fourth-order valence-electron chi connectivity index (χ4n) is 3.66. The van der Waals surface area contributed by atoms with Crippen molar-refractivity contribution in [2.45, 2.75) is 71.6 Å². The molecule has 0 amide bonds. The van der Waals surface area contributed by atoms with Crippen molar-refractivity contribution in [2.24, 2.45) is 11.3 Å². The number of rotatable bonds is 5. The maximum atomic E-state index is 6.09. The van der Waals surface area contributed by atoms with Crippen molar-refractivity contribution < 1.29 is 4.74 Å². The SMILES string of the molecule is CC(C)COC1CC(NC2CCCc3sccc32)C1(C)C. The van der Waals surface area contributed by atoms with Gasteiger partial charge in [-0.3, -0.25) is 0 Å². The smallest absolute Gasteiger partial charge is 0.0656 e. The molecule has 2 aliphatic rings. The average Bonchev–Trinajstić information content (AvgIpc) is 2.90. The normalized spacial score (nSPS) is 31.0. The largest absolute Gasteiger partial charge is 0.377 e. The highest BCUT2D eigenvalue weighted by Crippen LogP contribution is 2.45. The predicted molar refractivity (Wildman–Crippen MR) is 89.9 cm³/mol. The first-order valence-corrected chi connectivity index (χ1v) is 9.30. The van der Waals surface area contributed by atoms with E-state index in [1.54, 1.807) is 10.4 Å². The van der Waals surface area contributed by atoms with Gasteiger partial charge in [0.15, 0.2) is 0 Å². The minimum absolute atomic E-state index is 0.253. The Hall–Kier alpha value is -0.380. The summed E-state index contributed by atoms with van der Waals surface area (Å²) in [6.07, 6.45) is 5.47. The van der Waals surface area contributed by atoms with E-state index < -0.39 is 0 Å². The Morgan fingerprint density at radius 3 is 2.95 bits per heavy atom. The lowest BCUT2D eigenvalue weighted by molar-refractivity contribution is -0.126. The van der Waals surface area contributed by atoms with E-state index in [-0.39, 0.29) is 5.41 Å². The standard InChI is InChI=1S/C18H29NOS/c1-12(2)11-20-17-10-16(18(17,3)4)19-14-6-5-7-15-13(14)8-9-21-15/h8-9,12,14,16-17,19H,5-7,10-11H2,1-4H3. The van der Waals surface area contributed by atoms with Crippen LogP contribution in [0.2, 0.25) is 0 Å². The highest BCUT2D eigenvalue weighted by molar-refractivity contribution is 7.10. The first kappa shape index (κ1) is 15.5. The lowest BCUT2D eigenvalue weighted by Gasteiger charge is -2.53. The molecule has 0 aliphatic heterocycles. The Labute approximate surface area is 133 Å². The van der Waals surface area contributed by atoms with Crippen molar-refractivity contribution in [3.63, 3.8) is 0 Å². The van der Waals surface area contributed by atoms with Crippen LogP contribution in [0.5, 0.6) is 0 Å². The number of nitrogens with one attached hydrogen (secondary N) is 1. The summed E-state index contributed by atoms with van der Waals surface area (Å²) >= 11 is 1.93. The zero-order chi connectivity index (χ0) is 15.0. The van der Waals surface area contributed by atoms with Gasteiger partial charge in [0.25, 0.3) is 0 Å². The second-order valence-electron chi connectivity index (χ2n) is 7.74. The molecule has 0 bridgehead atoms. The topological polar surface area (TPSA) is 21.3 Å². The molecule has 2 aliphatic carbocycles. The molecule has 3 unspecified atom stereocenters. The molecule has 1 saturated carbocycles. The molecular weight excluding hydrogens is 278 g/mol. The van der Waals surface area contributed by atoms with Crippen molar-refractivity contribution in [2.75, 3.05) is 6.61 Å². The first-order valence-electron chi connectivity index (χ1n) is 8.42. The molecule has 3 rings (SSSR count). The van der Waals surface area contributed by atoms with Crippen LogP contribution in [0.15, 0.2) is 11.4 Å². The molecule has 0 radical (unpaired) electrons. The Morgan fingerprint density at radius 2 is 2.24 bits per heavy atom. The highest BCUT2D eigenvalue weighted by atomic mass is 32.1. The summed E-state index contributed by atoms with van der Waals surface area (Å²) < 4.78 is 6.09. The van der Waals surface area contributed by atoms with E-state index in [1.165, 1.54) is 19.3 Å². The first-order chi connectivity index (χ1) is 9.98. The molecule has 1 aromatic heterocycles. The van der Waals surface area contributed by atoms with Gasteiger partial charge >= 0.3 is 0 Å². The van der Waals surface area contributed by atoms with Crippen LogP contribution in [-0.2, 0) is 11.2 Å². The zero-order valence-electron chi connectivity index (χ0n) is 13.8. The van der Waals surface area contributed by atoms with Crippen molar-refractivity contribution in [1.29, 1.82) is 0 Å². The van der Waals surface area contributed by atoms with E-state index >= 15 is 0 Å². The summed E-state index contributed by atoms with van der Waals surface area (Å²) in [5.74, 6) is 0.625. The van der Waals surface area contributed by atoms with Gasteiger partial charge in [0.2, 0.25) is 0 Å². The molecule has 1 N–H and O–H groups in total. The number of thiophene rings is 1. The number of aryl methyl sites for hydroxylation is 1. The molecule has 3 heteroatoms. The van der Waals surface area contributed by atoms with Crippen molar-refractivity contribution in [1.82, 2.24) is 5.32 Å². The second kappa shape index (κ2) is 6.02. The summed E-state index contributed by atoms with van der Waals surface area (Å²) in [6, 6.07) is 3.48. The molecule has 2 nitrogen and oxygen atoms in total. The number of fused-ring (bicyclic) bond motifs is 1. The Bertz CT molecular complexity index is 479. The van der Waals surface area contributed by atoms with E-state index in [0.29, 0.717) is 24.1 Å². The highest BCUT2D eigenvalue weighted by Gasteiger charge is 2.49. The quantitative estimate of drug-likeness (QED) is 0.861. The summed E-state index contributed by atoms with van der Waals surface area (Å²) in [5.41, 5.74) is 1.82. The molecular formula is C18H29NOS. The summed E-state index contributed by atoms with van der Waals surface area (Å²) in [7, 11) is 0. The maximum Gasteiger partial charge on any atom is 0.0656 e. The van der Waals surface area contributed by atoms with Gasteiger partial charge in [-0.05, 0) is 48.6 Å². The van der Waals surface area contributed by atoms with Crippen LogP contribution in [0.4, 0.5) is 0 Å². The van der Waals surface area contributed by atoms with Gasteiger partial charge in [-0.15, -0.1) is 11.3 Å². The maximum absolute atomic E-state index is 6.09. The predicted octanol–water partition coefficient (Wildman–Crippen LogP) is 4.55. The van der Waals surface area contributed by atoms with Gasteiger partial charge in [-0.1, -0.05) is 27.7 Å². The van der Waals surface area contributed by atoms with Crippen LogP contribution < -0.4 is 5.32 Å². The fourth-order valence-corrected chi connectivity index (χ4v) is 4.65. The molecule has 1 fully saturated rings. The molecule has 3 atom stereocenters. The Kier molecular flexibility index (Phi) is 4.45. The van der Waals surface area contributed by atoms with E-state index in [2.05, 4.69) is 44.5 Å². The van der Waals surface area contributed by atoms with E-state index in [0.717, 1.165) is 13.0 Å². The fraction of sp³-hybridized carbons (Fsp3) is 0.778. The van der Waals surface area contributed by atoms with Crippen LogP contribution in [0, 0.1) is 11.3 Å². The third kappa shape index (κ3) is 3.06. The minimum Gasteiger partial charge on any atom is -0.377 e. The monoisotopic (exact) mass is 307 g/mol. The second-order valence-corrected chi connectivity index (χ2v) is 8.74. The summed E-state index contributed by atoms with van der Waals surface area (Å²) in [5, 5.41) is 6.19. The molecule has 0 spiro atoms. The third-order valence-corrected chi connectivity index (χ3v) is 6.26. The van der Waals surface area contributed by atoms with Crippen LogP contribution in [0.1, 0.15) is 63.4 Å². The third-order valence-electron chi connectivity index (χ3n) is 5.26. The molecule has 118 valence electrons. The number of hydrogen-bond acceptors (Lipinski definition) is 3. The molecule has 1 aromatic rings. The number of hydrogen-bond donors (Lipinski definition) is 1. The summed E-state index contributed by atoms with van der Waals surface area (Å²) in [4.78, 5) is 1.60. The van der Waals surface area contributed by atoms with Gasteiger partial charge in [-0.25, -0.2) is 0 Å². The van der Waals surface area contributed by atoms with Crippen molar-refractivity contribution in [3.8, 4) is 0 Å². The van der Waals surface area contributed by atoms with Crippen LogP contribution in [0.25, 0.3) is 0 Å². The zero-order valence-corrected chi connectivity index (χ0v) is 14.6. The van der Waals surface area contributed by atoms with Crippen LogP contribution >= 0.6 is 11.3 Å². The Morgan fingerprint density at radius 1 is 1.43 bits per heavy atom. The molecule has 21 heavy (non-hydrogen) atoms. The van der Waals surface area contributed by atoms with Gasteiger partial charge in [0, 0.05) is 29.0 Å². The van der Waals surface area contributed by atoms with E-state index in [4.69, 9.17) is 4.74 Å². The van der Waals surface area contributed by atoms with E-state index in [1.807, 2.05) is 11.3 Å². The van der Waals surface area contributed by atoms with Gasteiger partial charge < -0.3 is 10.1 Å². The van der Waals surface area contributed by atoms with Gasteiger partial charge in [0.1, 0.15) is 0 Å². The lowest BCUT2D eigenvalue weighted by Crippen LogP contribution is -2.61. The van der Waals surface area contributed by atoms with E-state index in [9.17, 15) is 0 Å². The van der Waals surface area contributed by atoms with Crippen molar-refractivity contribution in [3.05, 3.63) is 21.9 Å². The Balaban J connectivity index is 1.58. The van der Waals surface area contributed by atoms with Gasteiger partial charge in [-0.2, -0.15) is 0 Å². The molecule has 1 heterocycles. The van der Waals surface area contributed by atoms with Crippen LogP contribution in [-0.4, -0.2) is 18.8 Å². The molecule has 0 saturated heterocycles. The van der Waals surface area contributed by atoms with Gasteiger partial charge in [0.05, 0.1) is 6.10 Å². The van der Waals surface area contributed by atoms with Crippen LogP contribution in [0.3, 0.4) is 0 Å². The summed E-state index contributed by atoms with van der Waals surface area (Å²) in [6.45, 7) is 10.1. The lowest BCUT2D eigenvalue weighted by atomic mass is 9.64. The molecule has 0 aromatic carbocycles. The number of ether oxygens (including phenoxy) is 1. The minimum atomic E-state index is 0.253.